The zero-order valence-corrected chi connectivity index (χ0v) is 19.2. The molecule has 0 fully saturated rings. The van der Waals surface area contributed by atoms with Gasteiger partial charge < -0.3 is 9.90 Å². The first-order valence-electron chi connectivity index (χ1n) is 12.3. The van der Waals surface area contributed by atoms with Crippen LogP contribution in [0.15, 0.2) is 11.1 Å². The van der Waals surface area contributed by atoms with Gasteiger partial charge in [0.2, 0.25) is 0 Å². The Morgan fingerprint density at radius 3 is 1.68 bits per heavy atom. The second kappa shape index (κ2) is 15.2. The van der Waals surface area contributed by atoms with E-state index in [0.29, 0.717) is 12.0 Å². The molecular weight excluding hydrogens is 344 g/mol. The van der Waals surface area contributed by atoms with E-state index in [1.807, 2.05) is 0 Å². The molecule has 0 spiro atoms. The fraction of sp³-hybridized carbons (Fsp3) is 0.885. The third-order valence-electron chi connectivity index (χ3n) is 6.93. The molecule has 0 saturated carbocycles. The first kappa shape index (κ1) is 25.4. The summed E-state index contributed by atoms with van der Waals surface area (Å²) in [6, 6.07) is 0. The normalized spacial score (nSPS) is 19.2. The number of hydrogen-bond donors (Lipinski definition) is 1. The summed E-state index contributed by atoms with van der Waals surface area (Å²) in [5, 5.41) is 8.75. The van der Waals surface area contributed by atoms with E-state index >= 15 is 0 Å². The van der Waals surface area contributed by atoms with Gasteiger partial charge in [0.15, 0.2) is 0 Å². The van der Waals surface area contributed by atoms with Crippen molar-refractivity contribution >= 4 is 6.29 Å². The second-order valence-electron chi connectivity index (χ2n) is 9.75. The molecule has 1 atom stereocenters. The van der Waals surface area contributed by atoms with Gasteiger partial charge in [0.1, 0.15) is 6.29 Å². The van der Waals surface area contributed by atoms with E-state index in [0.717, 1.165) is 19.3 Å². The minimum Gasteiger partial charge on any atom is -0.396 e. The summed E-state index contributed by atoms with van der Waals surface area (Å²) in [5.41, 5.74) is 3.24. The van der Waals surface area contributed by atoms with Gasteiger partial charge in [-0.1, -0.05) is 102 Å². The van der Waals surface area contributed by atoms with Crippen molar-refractivity contribution in [3.8, 4) is 0 Å². The first-order valence-corrected chi connectivity index (χ1v) is 12.3. The standard InChI is InChI=1S/C26H48O2/c1-23-24(22-28)19-20-26(2,3)25(23)18-16-14-12-10-8-6-4-5-7-9-11-13-15-17-21-27/h22,24,27H,4-21H2,1-3H3. The van der Waals surface area contributed by atoms with E-state index in [-0.39, 0.29) is 5.92 Å². The molecule has 0 aliphatic heterocycles. The van der Waals surface area contributed by atoms with Gasteiger partial charge in [0, 0.05) is 12.5 Å². The van der Waals surface area contributed by atoms with E-state index in [2.05, 4.69) is 20.8 Å². The van der Waals surface area contributed by atoms with E-state index in [9.17, 15) is 4.79 Å². The lowest BCUT2D eigenvalue weighted by Gasteiger charge is -2.37. The van der Waals surface area contributed by atoms with Crippen LogP contribution >= 0.6 is 0 Å². The first-order chi connectivity index (χ1) is 13.5. The molecule has 2 heteroatoms. The average molecular weight is 393 g/mol. The smallest absolute Gasteiger partial charge is 0.127 e. The molecule has 1 N–H and O–H groups in total. The Morgan fingerprint density at radius 2 is 1.25 bits per heavy atom. The zero-order valence-electron chi connectivity index (χ0n) is 19.2. The van der Waals surface area contributed by atoms with Gasteiger partial charge in [-0.25, -0.2) is 0 Å². The maximum absolute atomic E-state index is 11.3. The van der Waals surface area contributed by atoms with Crippen molar-refractivity contribution in [1.82, 2.24) is 0 Å². The Bertz CT molecular complexity index is 436. The summed E-state index contributed by atoms with van der Waals surface area (Å²) in [7, 11) is 0. The number of carbonyl (C=O) groups is 1. The van der Waals surface area contributed by atoms with Crippen molar-refractivity contribution in [3.05, 3.63) is 11.1 Å². The molecule has 0 radical (unpaired) electrons. The van der Waals surface area contributed by atoms with Gasteiger partial charge in [0.05, 0.1) is 0 Å². The van der Waals surface area contributed by atoms with Gasteiger partial charge >= 0.3 is 0 Å². The highest BCUT2D eigenvalue weighted by atomic mass is 16.2. The van der Waals surface area contributed by atoms with Crippen molar-refractivity contribution in [2.75, 3.05) is 6.61 Å². The summed E-state index contributed by atoms with van der Waals surface area (Å²) in [5.74, 6) is 0.184. The van der Waals surface area contributed by atoms with Gasteiger partial charge in [-0.05, 0) is 44.4 Å². The predicted octanol–water partition coefficient (Wildman–Crippen LogP) is 7.78. The number of hydrogen-bond acceptors (Lipinski definition) is 2. The Kier molecular flexibility index (Phi) is 13.8. The molecule has 0 aromatic rings. The van der Waals surface area contributed by atoms with Crippen LogP contribution in [0, 0.1) is 11.3 Å². The summed E-state index contributed by atoms with van der Waals surface area (Å²) < 4.78 is 0. The maximum Gasteiger partial charge on any atom is 0.127 e. The Balaban J connectivity index is 1.98. The average Bonchev–Trinajstić information content (AvgIpc) is 2.67. The molecular formula is C26H48O2. The van der Waals surface area contributed by atoms with Crippen molar-refractivity contribution < 1.29 is 9.90 Å². The molecule has 2 nitrogen and oxygen atoms in total. The number of allylic oxidation sites excluding steroid dienone is 2. The van der Waals surface area contributed by atoms with E-state index in [1.54, 1.807) is 5.57 Å². The number of aliphatic hydroxyl groups is 1. The Labute approximate surface area is 175 Å². The molecule has 28 heavy (non-hydrogen) atoms. The van der Waals surface area contributed by atoms with Crippen LogP contribution in [0.3, 0.4) is 0 Å². The number of aldehydes is 1. The Hall–Kier alpha value is -0.630. The number of aliphatic hydroxyl groups excluding tert-OH is 1. The van der Waals surface area contributed by atoms with Crippen LogP contribution in [0.1, 0.15) is 130 Å². The molecule has 0 aromatic carbocycles. The lowest BCUT2D eigenvalue weighted by atomic mass is 9.68. The second-order valence-corrected chi connectivity index (χ2v) is 9.75. The van der Waals surface area contributed by atoms with Crippen molar-refractivity contribution in [2.24, 2.45) is 11.3 Å². The van der Waals surface area contributed by atoms with Crippen LogP contribution in [0.5, 0.6) is 0 Å². The molecule has 1 rings (SSSR count). The highest BCUT2D eigenvalue weighted by molar-refractivity contribution is 5.60. The summed E-state index contributed by atoms with van der Waals surface area (Å²) in [4.78, 5) is 11.3. The molecule has 164 valence electrons. The number of carbonyl (C=O) groups excluding carboxylic acids is 1. The third-order valence-corrected chi connectivity index (χ3v) is 6.93. The monoisotopic (exact) mass is 392 g/mol. The molecule has 0 saturated heterocycles. The van der Waals surface area contributed by atoms with E-state index < -0.39 is 0 Å². The van der Waals surface area contributed by atoms with Crippen molar-refractivity contribution in [1.29, 1.82) is 0 Å². The van der Waals surface area contributed by atoms with Gasteiger partial charge in [-0.3, -0.25) is 0 Å². The zero-order chi connectivity index (χ0) is 20.7. The van der Waals surface area contributed by atoms with E-state index in [1.165, 1.54) is 102 Å². The highest BCUT2D eigenvalue weighted by Gasteiger charge is 2.32. The largest absolute Gasteiger partial charge is 0.396 e. The SMILES string of the molecule is CC1=C(CCCCCCCCCCCCCCCCO)C(C)(C)CCC1C=O. The fourth-order valence-corrected chi connectivity index (χ4v) is 4.88. The van der Waals surface area contributed by atoms with Crippen LogP contribution in [-0.2, 0) is 4.79 Å². The van der Waals surface area contributed by atoms with Crippen LogP contribution < -0.4 is 0 Å². The van der Waals surface area contributed by atoms with Gasteiger partial charge in [0.25, 0.3) is 0 Å². The molecule has 0 aromatic heterocycles. The fourth-order valence-electron chi connectivity index (χ4n) is 4.88. The van der Waals surface area contributed by atoms with Crippen molar-refractivity contribution in [3.63, 3.8) is 0 Å². The molecule has 1 aliphatic carbocycles. The van der Waals surface area contributed by atoms with Crippen LogP contribution in [-0.4, -0.2) is 18.0 Å². The topological polar surface area (TPSA) is 37.3 Å². The van der Waals surface area contributed by atoms with Gasteiger partial charge in [-0.15, -0.1) is 0 Å². The summed E-state index contributed by atoms with van der Waals surface area (Å²) in [6.07, 6.45) is 23.2. The predicted molar refractivity (Wildman–Crippen MR) is 122 cm³/mol. The summed E-state index contributed by atoms with van der Waals surface area (Å²) in [6.45, 7) is 7.28. The molecule has 0 amide bonds. The lowest BCUT2D eigenvalue weighted by molar-refractivity contribution is -0.110. The van der Waals surface area contributed by atoms with E-state index in [4.69, 9.17) is 5.11 Å². The maximum atomic E-state index is 11.3. The van der Waals surface area contributed by atoms with Crippen LogP contribution in [0.4, 0.5) is 0 Å². The quantitative estimate of drug-likeness (QED) is 0.156. The van der Waals surface area contributed by atoms with Gasteiger partial charge in [-0.2, -0.15) is 0 Å². The lowest BCUT2D eigenvalue weighted by Crippen LogP contribution is -2.26. The van der Waals surface area contributed by atoms with Crippen LogP contribution in [0.2, 0.25) is 0 Å². The summed E-state index contributed by atoms with van der Waals surface area (Å²) >= 11 is 0. The van der Waals surface area contributed by atoms with Crippen LogP contribution in [0.25, 0.3) is 0 Å². The minimum atomic E-state index is 0.184. The minimum absolute atomic E-state index is 0.184. The molecule has 1 unspecified atom stereocenters. The number of rotatable bonds is 17. The number of unbranched alkanes of at least 4 members (excludes halogenated alkanes) is 13. The molecule has 1 aliphatic rings. The third kappa shape index (κ3) is 10.2. The van der Waals surface area contributed by atoms with Crippen molar-refractivity contribution in [2.45, 2.75) is 130 Å². The molecule has 0 bridgehead atoms. The highest BCUT2D eigenvalue weighted by Crippen LogP contribution is 2.44. The Morgan fingerprint density at radius 1 is 0.821 bits per heavy atom. The molecule has 0 heterocycles.